The monoisotopic (exact) mass is 355 g/mol. The summed E-state index contributed by atoms with van der Waals surface area (Å²) in [5.41, 5.74) is 6.82. The van der Waals surface area contributed by atoms with Crippen LogP contribution in [0.4, 0.5) is 5.69 Å². The van der Waals surface area contributed by atoms with E-state index in [1.54, 1.807) is 35.7 Å². The summed E-state index contributed by atoms with van der Waals surface area (Å²) in [6, 6.07) is 14.5. The van der Waals surface area contributed by atoms with E-state index in [2.05, 4.69) is 4.37 Å². The molecule has 1 atom stereocenters. The Balaban J connectivity index is 1.77. The highest BCUT2D eigenvalue weighted by Crippen LogP contribution is 2.28. The number of benzene rings is 2. The van der Waals surface area contributed by atoms with Gasteiger partial charge in [-0.1, -0.05) is 12.1 Å². The first-order chi connectivity index (χ1) is 12.0. The van der Waals surface area contributed by atoms with Crippen molar-refractivity contribution < 1.29 is 14.5 Å². The van der Waals surface area contributed by atoms with Crippen LogP contribution >= 0.6 is 11.5 Å². The standard InChI is InChI=1S/C17H13N3O4S/c18-17(21)16(15-9-10-25-19-15)11-1-5-13(6-2-11)24-14-7-3-12(4-8-14)20(22)23/h1-10,16H,(H2,18,21). The topological polar surface area (TPSA) is 108 Å². The summed E-state index contributed by atoms with van der Waals surface area (Å²) in [7, 11) is 0. The first-order valence-electron chi connectivity index (χ1n) is 7.26. The van der Waals surface area contributed by atoms with Crippen LogP contribution in [0.2, 0.25) is 0 Å². The number of carbonyl (C=O) groups is 1. The second-order valence-corrected chi connectivity index (χ2v) is 5.85. The van der Waals surface area contributed by atoms with Gasteiger partial charge in [-0.2, -0.15) is 4.37 Å². The van der Waals surface area contributed by atoms with Crippen LogP contribution in [0.3, 0.4) is 0 Å². The molecular weight excluding hydrogens is 342 g/mol. The molecule has 0 saturated heterocycles. The Morgan fingerprint density at radius 3 is 2.16 bits per heavy atom. The highest BCUT2D eigenvalue weighted by Gasteiger charge is 2.22. The summed E-state index contributed by atoms with van der Waals surface area (Å²) in [6.45, 7) is 0. The van der Waals surface area contributed by atoms with Gasteiger partial charge in [-0.05, 0) is 47.4 Å². The van der Waals surface area contributed by atoms with E-state index in [0.717, 1.165) is 5.56 Å². The van der Waals surface area contributed by atoms with E-state index < -0.39 is 16.7 Å². The third-order valence-electron chi connectivity index (χ3n) is 3.53. The van der Waals surface area contributed by atoms with Gasteiger partial charge in [-0.15, -0.1) is 0 Å². The van der Waals surface area contributed by atoms with E-state index in [-0.39, 0.29) is 5.69 Å². The number of rotatable bonds is 6. The van der Waals surface area contributed by atoms with Gasteiger partial charge < -0.3 is 10.5 Å². The van der Waals surface area contributed by atoms with E-state index in [4.69, 9.17) is 10.5 Å². The number of hydrogen-bond acceptors (Lipinski definition) is 6. The van der Waals surface area contributed by atoms with Crippen molar-refractivity contribution in [2.75, 3.05) is 0 Å². The Kier molecular flexibility index (Phi) is 4.71. The number of nitrogens with two attached hydrogens (primary N) is 1. The van der Waals surface area contributed by atoms with Gasteiger partial charge in [-0.25, -0.2) is 0 Å². The zero-order valence-corrected chi connectivity index (χ0v) is 13.7. The second kappa shape index (κ2) is 7.10. The maximum absolute atomic E-state index is 11.8. The van der Waals surface area contributed by atoms with Gasteiger partial charge in [0.05, 0.1) is 10.6 Å². The molecule has 0 spiro atoms. The number of primary amides is 1. The molecule has 0 saturated carbocycles. The summed E-state index contributed by atoms with van der Waals surface area (Å²) in [4.78, 5) is 21.9. The largest absolute Gasteiger partial charge is 0.457 e. The molecule has 0 bridgehead atoms. The van der Waals surface area contributed by atoms with Gasteiger partial charge >= 0.3 is 0 Å². The normalized spacial score (nSPS) is 11.7. The van der Waals surface area contributed by atoms with Crippen molar-refractivity contribution in [1.82, 2.24) is 4.37 Å². The van der Waals surface area contributed by atoms with Gasteiger partial charge in [0.1, 0.15) is 17.4 Å². The lowest BCUT2D eigenvalue weighted by Gasteiger charge is -2.12. The molecule has 8 heteroatoms. The van der Waals surface area contributed by atoms with Crippen LogP contribution in [0.5, 0.6) is 11.5 Å². The molecule has 0 aliphatic rings. The highest BCUT2D eigenvalue weighted by atomic mass is 32.1. The fraction of sp³-hybridized carbons (Fsp3) is 0.0588. The molecule has 1 unspecified atom stereocenters. The first kappa shape index (κ1) is 16.6. The zero-order chi connectivity index (χ0) is 17.8. The van der Waals surface area contributed by atoms with Crippen LogP contribution in [0, 0.1) is 10.1 Å². The predicted molar refractivity (Wildman–Crippen MR) is 92.8 cm³/mol. The van der Waals surface area contributed by atoms with Crippen molar-refractivity contribution in [3.05, 3.63) is 81.3 Å². The van der Waals surface area contributed by atoms with Crippen molar-refractivity contribution in [3.63, 3.8) is 0 Å². The van der Waals surface area contributed by atoms with Crippen LogP contribution in [-0.4, -0.2) is 15.2 Å². The lowest BCUT2D eigenvalue weighted by molar-refractivity contribution is -0.384. The molecule has 126 valence electrons. The van der Waals surface area contributed by atoms with E-state index in [9.17, 15) is 14.9 Å². The molecule has 0 fully saturated rings. The molecule has 1 heterocycles. The molecule has 25 heavy (non-hydrogen) atoms. The van der Waals surface area contributed by atoms with Crippen molar-refractivity contribution in [3.8, 4) is 11.5 Å². The predicted octanol–water partition coefficient (Wildman–Crippen LogP) is 3.46. The number of amides is 1. The lowest BCUT2D eigenvalue weighted by Crippen LogP contribution is -2.22. The Bertz CT molecular complexity index is 877. The highest BCUT2D eigenvalue weighted by molar-refractivity contribution is 7.03. The van der Waals surface area contributed by atoms with Crippen LogP contribution in [0.1, 0.15) is 17.2 Å². The third kappa shape index (κ3) is 3.81. The van der Waals surface area contributed by atoms with E-state index in [1.165, 1.54) is 35.8 Å². The maximum Gasteiger partial charge on any atom is 0.269 e. The van der Waals surface area contributed by atoms with Crippen molar-refractivity contribution in [1.29, 1.82) is 0 Å². The van der Waals surface area contributed by atoms with Crippen LogP contribution in [0.15, 0.2) is 60.0 Å². The second-order valence-electron chi connectivity index (χ2n) is 5.18. The molecular formula is C17H13N3O4S. The number of hydrogen-bond donors (Lipinski definition) is 1. The van der Waals surface area contributed by atoms with Crippen molar-refractivity contribution in [2.45, 2.75) is 5.92 Å². The van der Waals surface area contributed by atoms with Gasteiger partial charge in [0.2, 0.25) is 5.91 Å². The average molecular weight is 355 g/mol. The molecule has 7 nitrogen and oxygen atoms in total. The van der Waals surface area contributed by atoms with Gasteiger partial charge in [0, 0.05) is 17.5 Å². The van der Waals surface area contributed by atoms with E-state index in [0.29, 0.717) is 17.2 Å². The smallest absolute Gasteiger partial charge is 0.269 e. The summed E-state index contributed by atoms with van der Waals surface area (Å²) in [5, 5.41) is 12.4. The third-order valence-corrected chi connectivity index (χ3v) is 4.11. The van der Waals surface area contributed by atoms with Crippen molar-refractivity contribution in [2.24, 2.45) is 5.73 Å². The Morgan fingerprint density at radius 2 is 1.68 bits per heavy atom. The minimum Gasteiger partial charge on any atom is -0.457 e. The summed E-state index contributed by atoms with van der Waals surface area (Å²) < 4.78 is 9.83. The molecule has 0 aliphatic heterocycles. The van der Waals surface area contributed by atoms with Crippen LogP contribution < -0.4 is 10.5 Å². The molecule has 2 aromatic carbocycles. The number of carbonyl (C=O) groups excluding carboxylic acids is 1. The number of aromatic nitrogens is 1. The number of nitrogens with zero attached hydrogens (tertiary/aromatic N) is 2. The quantitative estimate of drug-likeness (QED) is 0.538. The lowest BCUT2D eigenvalue weighted by atomic mass is 9.95. The number of non-ortho nitro benzene ring substituents is 1. The Labute approximate surface area is 147 Å². The minimum atomic E-state index is -0.611. The number of ether oxygens (including phenoxy) is 1. The SMILES string of the molecule is NC(=O)C(c1ccc(Oc2ccc([N+](=O)[O-])cc2)cc1)c1ccsn1. The van der Waals surface area contributed by atoms with Gasteiger partial charge in [0.25, 0.3) is 5.69 Å². The minimum absolute atomic E-state index is 0.00439. The molecule has 3 aromatic rings. The summed E-state index contributed by atoms with van der Waals surface area (Å²) in [5.74, 6) is -0.0713. The molecule has 1 amide bonds. The average Bonchev–Trinajstić information content (AvgIpc) is 3.11. The fourth-order valence-corrected chi connectivity index (χ4v) is 2.90. The molecule has 2 N–H and O–H groups in total. The number of nitro groups is 1. The van der Waals surface area contributed by atoms with Crippen molar-refractivity contribution >= 4 is 23.1 Å². The summed E-state index contributed by atoms with van der Waals surface area (Å²) >= 11 is 1.26. The van der Waals surface area contributed by atoms with E-state index >= 15 is 0 Å². The molecule has 0 radical (unpaired) electrons. The molecule has 3 rings (SSSR count). The Hall–Kier alpha value is -3.26. The zero-order valence-electron chi connectivity index (χ0n) is 12.9. The first-order valence-corrected chi connectivity index (χ1v) is 8.10. The maximum atomic E-state index is 11.8. The summed E-state index contributed by atoms with van der Waals surface area (Å²) in [6.07, 6.45) is 0. The van der Waals surface area contributed by atoms with Gasteiger partial charge in [0.15, 0.2) is 0 Å². The van der Waals surface area contributed by atoms with Crippen LogP contribution in [-0.2, 0) is 4.79 Å². The number of nitro benzene ring substituents is 1. The fourth-order valence-electron chi connectivity index (χ4n) is 2.35. The molecule has 0 aliphatic carbocycles. The molecule has 1 aromatic heterocycles. The van der Waals surface area contributed by atoms with E-state index in [1.807, 2.05) is 0 Å². The van der Waals surface area contributed by atoms with Crippen LogP contribution in [0.25, 0.3) is 0 Å². The Morgan fingerprint density at radius 1 is 1.08 bits per heavy atom. The van der Waals surface area contributed by atoms with Gasteiger partial charge in [-0.3, -0.25) is 14.9 Å².